The highest BCUT2D eigenvalue weighted by Gasteiger charge is 2.04. The highest BCUT2D eigenvalue weighted by atomic mass is 79.9. The molecular weight excluding hydrogens is 285 g/mol. The van der Waals surface area contributed by atoms with E-state index < -0.39 is 0 Å². The van der Waals surface area contributed by atoms with Gasteiger partial charge in [0.15, 0.2) is 10.4 Å². The zero-order valence-corrected chi connectivity index (χ0v) is 8.53. The molecular formula is C5H2Br2ClNO. The Hall–Kier alpha value is 0.200. The second-order valence-corrected chi connectivity index (χ2v) is 3.56. The van der Waals surface area contributed by atoms with Gasteiger partial charge >= 0.3 is 0 Å². The van der Waals surface area contributed by atoms with Crippen LogP contribution in [0.1, 0.15) is 0 Å². The van der Waals surface area contributed by atoms with Gasteiger partial charge < -0.3 is 5.11 Å². The Morgan fingerprint density at radius 1 is 1.50 bits per heavy atom. The van der Waals surface area contributed by atoms with E-state index in [0.29, 0.717) is 14.2 Å². The fraction of sp³-hybridized carbons (Fsp3) is 0. The molecule has 0 spiro atoms. The van der Waals surface area contributed by atoms with E-state index in [1.54, 1.807) is 0 Å². The van der Waals surface area contributed by atoms with Gasteiger partial charge in [0, 0.05) is 0 Å². The van der Waals surface area contributed by atoms with Crippen LogP contribution in [-0.4, -0.2) is 10.1 Å². The van der Waals surface area contributed by atoms with Crippen molar-refractivity contribution in [3.8, 4) is 5.75 Å². The SMILES string of the molecule is Oc1c(Br)cc(Cl)nc1Br. The van der Waals surface area contributed by atoms with E-state index in [1.165, 1.54) is 6.07 Å². The molecule has 0 amide bonds. The first-order valence-electron chi connectivity index (χ1n) is 2.32. The van der Waals surface area contributed by atoms with E-state index in [9.17, 15) is 0 Å². The van der Waals surface area contributed by atoms with Crippen molar-refractivity contribution in [2.75, 3.05) is 0 Å². The number of hydrogen-bond acceptors (Lipinski definition) is 2. The summed E-state index contributed by atoms with van der Waals surface area (Å²) in [6.45, 7) is 0. The van der Waals surface area contributed by atoms with Crippen molar-refractivity contribution in [1.29, 1.82) is 0 Å². The topological polar surface area (TPSA) is 33.1 Å². The largest absolute Gasteiger partial charge is 0.504 e. The van der Waals surface area contributed by atoms with Crippen LogP contribution in [0.3, 0.4) is 0 Å². The summed E-state index contributed by atoms with van der Waals surface area (Å²) in [6.07, 6.45) is 0. The minimum Gasteiger partial charge on any atom is -0.504 e. The molecule has 1 aromatic heterocycles. The molecule has 0 saturated carbocycles. The van der Waals surface area contributed by atoms with Gasteiger partial charge in [-0.25, -0.2) is 4.98 Å². The van der Waals surface area contributed by atoms with Crippen molar-refractivity contribution in [3.63, 3.8) is 0 Å². The van der Waals surface area contributed by atoms with Gasteiger partial charge in [-0.2, -0.15) is 0 Å². The Morgan fingerprint density at radius 2 is 2.10 bits per heavy atom. The van der Waals surface area contributed by atoms with E-state index in [2.05, 4.69) is 36.8 Å². The first-order valence-corrected chi connectivity index (χ1v) is 4.28. The molecule has 0 radical (unpaired) electrons. The van der Waals surface area contributed by atoms with Gasteiger partial charge in [-0.05, 0) is 37.9 Å². The van der Waals surface area contributed by atoms with E-state index in [1.807, 2.05) is 0 Å². The maximum Gasteiger partial charge on any atom is 0.162 e. The summed E-state index contributed by atoms with van der Waals surface area (Å²) in [7, 11) is 0. The summed E-state index contributed by atoms with van der Waals surface area (Å²) in [5, 5.41) is 9.45. The molecule has 10 heavy (non-hydrogen) atoms. The van der Waals surface area contributed by atoms with Gasteiger partial charge in [0.25, 0.3) is 0 Å². The van der Waals surface area contributed by atoms with Crippen molar-refractivity contribution in [2.24, 2.45) is 0 Å². The van der Waals surface area contributed by atoms with Crippen LogP contribution in [0.15, 0.2) is 15.1 Å². The number of aromatic hydroxyl groups is 1. The summed E-state index contributed by atoms with van der Waals surface area (Å²) in [5.74, 6) is 0.0596. The first kappa shape index (κ1) is 8.30. The van der Waals surface area contributed by atoms with Gasteiger partial charge in [0.1, 0.15) is 5.15 Å². The Bertz CT molecular complexity index is 243. The third-order valence-electron chi connectivity index (χ3n) is 0.872. The van der Waals surface area contributed by atoms with Crippen molar-refractivity contribution >= 4 is 43.5 Å². The van der Waals surface area contributed by atoms with E-state index in [0.717, 1.165) is 0 Å². The van der Waals surface area contributed by atoms with Crippen LogP contribution in [0.4, 0.5) is 0 Å². The molecule has 0 saturated heterocycles. The smallest absolute Gasteiger partial charge is 0.162 e. The molecule has 5 heteroatoms. The highest BCUT2D eigenvalue weighted by molar-refractivity contribution is 9.11. The summed E-state index contributed by atoms with van der Waals surface area (Å²) < 4.78 is 0.867. The molecule has 0 aromatic carbocycles. The standard InChI is InChI=1S/C5H2Br2ClNO/c6-2-1-3(8)9-5(7)4(2)10/h1,10H. The molecule has 0 bridgehead atoms. The van der Waals surface area contributed by atoms with Gasteiger partial charge in [-0.3, -0.25) is 0 Å². The maximum absolute atomic E-state index is 9.12. The van der Waals surface area contributed by atoms with Crippen LogP contribution in [-0.2, 0) is 0 Å². The number of rotatable bonds is 0. The molecule has 0 fully saturated rings. The lowest BCUT2D eigenvalue weighted by atomic mass is 10.5. The predicted molar refractivity (Wildman–Crippen MR) is 46.3 cm³/mol. The minimum absolute atomic E-state index is 0.0596. The number of pyridine rings is 1. The van der Waals surface area contributed by atoms with Crippen LogP contribution in [0.25, 0.3) is 0 Å². The van der Waals surface area contributed by atoms with Crippen LogP contribution in [0.5, 0.6) is 5.75 Å². The summed E-state index contributed by atoms with van der Waals surface area (Å²) >= 11 is 11.7. The van der Waals surface area contributed by atoms with E-state index >= 15 is 0 Å². The van der Waals surface area contributed by atoms with Gasteiger partial charge in [-0.15, -0.1) is 0 Å². The van der Waals surface area contributed by atoms with E-state index in [4.69, 9.17) is 16.7 Å². The average Bonchev–Trinajstić information content (AvgIpc) is 1.82. The molecule has 0 unspecified atom stereocenters. The first-order chi connectivity index (χ1) is 4.61. The molecule has 2 nitrogen and oxygen atoms in total. The van der Waals surface area contributed by atoms with Crippen LogP contribution >= 0.6 is 43.5 Å². The lowest BCUT2D eigenvalue weighted by molar-refractivity contribution is 0.465. The summed E-state index contributed by atoms with van der Waals surface area (Å²) in [4.78, 5) is 3.74. The van der Waals surface area contributed by atoms with E-state index in [-0.39, 0.29) is 5.75 Å². The highest BCUT2D eigenvalue weighted by Crippen LogP contribution is 2.32. The lowest BCUT2D eigenvalue weighted by Crippen LogP contribution is -1.78. The zero-order chi connectivity index (χ0) is 7.72. The minimum atomic E-state index is 0.0596. The fourth-order valence-electron chi connectivity index (χ4n) is 0.450. The predicted octanol–water partition coefficient (Wildman–Crippen LogP) is 2.97. The number of aromatic nitrogens is 1. The molecule has 0 aliphatic carbocycles. The fourth-order valence-corrected chi connectivity index (χ4v) is 1.95. The maximum atomic E-state index is 9.12. The van der Waals surface area contributed by atoms with Crippen molar-refractivity contribution < 1.29 is 5.11 Å². The third-order valence-corrected chi connectivity index (χ3v) is 2.22. The van der Waals surface area contributed by atoms with Crippen molar-refractivity contribution in [2.45, 2.75) is 0 Å². The van der Waals surface area contributed by atoms with Gasteiger partial charge in [0.05, 0.1) is 4.47 Å². The molecule has 1 aromatic rings. The third kappa shape index (κ3) is 1.62. The van der Waals surface area contributed by atoms with Gasteiger partial charge in [0.2, 0.25) is 0 Å². The normalized spacial score (nSPS) is 9.90. The summed E-state index contributed by atoms with van der Waals surface area (Å²) in [6, 6.07) is 1.52. The molecule has 0 aliphatic rings. The van der Waals surface area contributed by atoms with Gasteiger partial charge in [-0.1, -0.05) is 11.6 Å². The Morgan fingerprint density at radius 3 is 2.60 bits per heavy atom. The molecule has 1 rings (SSSR count). The Labute approximate surface area is 79.5 Å². The molecule has 0 atom stereocenters. The second kappa shape index (κ2) is 3.07. The Balaban J connectivity index is 3.31. The molecule has 1 N–H and O–H groups in total. The van der Waals surface area contributed by atoms with Crippen LogP contribution in [0, 0.1) is 0 Å². The molecule has 0 aliphatic heterocycles. The number of halogens is 3. The molecule has 1 heterocycles. The second-order valence-electron chi connectivity index (χ2n) is 1.57. The van der Waals surface area contributed by atoms with Crippen LogP contribution in [0.2, 0.25) is 5.15 Å². The van der Waals surface area contributed by atoms with Crippen molar-refractivity contribution in [1.82, 2.24) is 4.98 Å². The van der Waals surface area contributed by atoms with Crippen molar-refractivity contribution in [3.05, 3.63) is 20.3 Å². The lowest BCUT2D eigenvalue weighted by Gasteiger charge is -1.98. The summed E-state index contributed by atoms with van der Waals surface area (Å²) in [5.41, 5.74) is 0. The van der Waals surface area contributed by atoms with Crippen LogP contribution < -0.4 is 0 Å². The number of nitrogens with zero attached hydrogens (tertiary/aromatic N) is 1. The monoisotopic (exact) mass is 285 g/mol. The zero-order valence-electron chi connectivity index (χ0n) is 4.61. The quantitative estimate of drug-likeness (QED) is 0.744. The average molecular weight is 287 g/mol. The number of hydrogen-bond donors (Lipinski definition) is 1. The molecule has 54 valence electrons. The Kier molecular flexibility index (Phi) is 2.55.